The third kappa shape index (κ3) is 1.96. The first kappa shape index (κ1) is 12.1. The van der Waals surface area contributed by atoms with Crippen LogP contribution in [0.2, 0.25) is 0 Å². The van der Waals surface area contributed by atoms with Gasteiger partial charge in [-0.2, -0.15) is 0 Å². The normalized spacial score (nSPS) is 21.6. The van der Waals surface area contributed by atoms with Crippen LogP contribution in [0.3, 0.4) is 0 Å². The zero-order valence-electron chi connectivity index (χ0n) is 10.9. The molecular formula is C12H18N2O3. The molecule has 0 saturated carbocycles. The van der Waals surface area contributed by atoms with E-state index in [0.717, 1.165) is 0 Å². The largest absolute Gasteiger partial charge is 0.479 e. The second-order valence-electron chi connectivity index (χ2n) is 4.99. The maximum atomic E-state index is 5.78. The molecule has 2 rings (SSSR count). The van der Waals surface area contributed by atoms with Gasteiger partial charge < -0.3 is 4.74 Å². The van der Waals surface area contributed by atoms with Crippen LogP contribution in [0.4, 0.5) is 5.69 Å². The summed E-state index contributed by atoms with van der Waals surface area (Å²) in [6, 6.07) is 3.65. The first-order valence-electron chi connectivity index (χ1n) is 5.55. The average molecular weight is 238 g/mol. The monoisotopic (exact) mass is 238 g/mol. The second-order valence-corrected chi connectivity index (χ2v) is 4.99. The number of methoxy groups -OCH3 is 1. The molecule has 0 radical (unpaired) electrons. The van der Waals surface area contributed by atoms with Crippen molar-refractivity contribution in [3.8, 4) is 5.88 Å². The Hall–Kier alpha value is -1.33. The van der Waals surface area contributed by atoms with Crippen molar-refractivity contribution in [1.82, 2.24) is 4.98 Å². The number of pyridine rings is 1. The SMILES string of the molecule is COc1ncccc1N1OC(C)(C)C(C)(C)O1. The molecule has 5 nitrogen and oxygen atoms in total. The predicted molar refractivity (Wildman–Crippen MR) is 63.6 cm³/mol. The van der Waals surface area contributed by atoms with Gasteiger partial charge in [-0.25, -0.2) is 14.7 Å². The van der Waals surface area contributed by atoms with Gasteiger partial charge in [-0.3, -0.25) is 0 Å². The van der Waals surface area contributed by atoms with Crippen molar-refractivity contribution in [2.24, 2.45) is 0 Å². The number of nitrogens with zero attached hydrogens (tertiary/aromatic N) is 2. The van der Waals surface area contributed by atoms with E-state index in [1.807, 2.05) is 39.8 Å². The minimum atomic E-state index is -0.423. The Morgan fingerprint density at radius 2 is 1.76 bits per heavy atom. The fraction of sp³-hybridized carbons (Fsp3) is 0.583. The molecule has 17 heavy (non-hydrogen) atoms. The maximum absolute atomic E-state index is 5.78. The smallest absolute Gasteiger partial charge is 0.242 e. The third-order valence-electron chi connectivity index (χ3n) is 3.21. The Morgan fingerprint density at radius 3 is 2.29 bits per heavy atom. The van der Waals surface area contributed by atoms with Gasteiger partial charge in [-0.15, -0.1) is 5.23 Å². The maximum Gasteiger partial charge on any atom is 0.242 e. The van der Waals surface area contributed by atoms with Crippen LogP contribution in [0.1, 0.15) is 27.7 Å². The fourth-order valence-electron chi connectivity index (χ4n) is 1.43. The van der Waals surface area contributed by atoms with Crippen molar-refractivity contribution in [3.05, 3.63) is 18.3 Å². The van der Waals surface area contributed by atoms with E-state index in [4.69, 9.17) is 14.4 Å². The summed E-state index contributed by atoms with van der Waals surface area (Å²) in [5.41, 5.74) is -0.185. The van der Waals surface area contributed by atoms with Crippen LogP contribution in [0.15, 0.2) is 18.3 Å². The molecule has 94 valence electrons. The highest BCUT2D eigenvalue weighted by Gasteiger charge is 2.50. The Morgan fingerprint density at radius 1 is 1.18 bits per heavy atom. The minimum absolute atomic E-state index is 0.423. The van der Waals surface area contributed by atoms with Crippen LogP contribution in [-0.4, -0.2) is 23.3 Å². The van der Waals surface area contributed by atoms with Gasteiger partial charge in [0.2, 0.25) is 5.88 Å². The molecule has 0 amide bonds. The van der Waals surface area contributed by atoms with Crippen LogP contribution in [0.25, 0.3) is 0 Å². The van der Waals surface area contributed by atoms with Gasteiger partial charge in [-0.1, -0.05) is 0 Å². The van der Waals surface area contributed by atoms with Gasteiger partial charge in [0.1, 0.15) is 11.2 Å². The van der Waals surface area contributed by atoms with E-state index < -0.39 is 11.2 Å². The molecule has 2 heterocycles. The third-order valence-corrected chi connectivity index (χ3v) is 3.21. The lowest BCUT2D eigenvalue weighted by Gasteiger charge is -2.26. The summed E-state index contributed by atoms with van der Waals surface area (Å²) in [6.07, 6.45) is 1.66. The van der Waals surface area contributed by atoms with E-state index in [-0.39, 0.29) is 0 Å². The van der Waals surface area contributed by atoms with Crippen molar-refractivity contribution in [2.45, 2.75) is 38.9 Å². The lowest BCUT2D eigenvalue weighted by atomic mass is 9.90. The summed E-state index contributed by atoms with van der Waals surface area (Å²) < 4.78 is 5.18. The molecule has 0 unspecified atom stereocenters. The molecule has 0 aliphatic carbocycles. The van der Waals surface area contributed by atoms with Crippen molar-refractivity contribution >= 4 is 5.69 Å². The summed E-state index contributed by atoms with van der Waals surface area (Å²) in [5, 5.41) is 1.38. The average Bonchev–Trinajstić information content (AvgIpc) is 2.48. The van der Waals surface area contributed by atoms with Crippen LogP contribution < -0.4 is 9.96 Å². The van der Waals surface area contributed by atoms with Crippen LogP contribution in [0.5, 0.6) is 5.88 Å². The van der Waals surface area contributed by atoms with Gasteiger partial charge in [-0.05, 0) is 39.8 Å². The second kappa shape index (κ2) is 3.85. The molecule has 5 heteroatoms. The first-order valence-corrected chi connectivity index (χ1v) is 5.55. The lowest BCUT2D eigenvalue weighted by Crippen LogP contribution is -2.41. The molecule has 1 aromatic rings. The Labute approximate surface area is 101 Å². The fourth-order valence-corrected chi connectivity index (χ4v) is 1.43. The number of anilines is 1. The summed E-state index contributed by atoms with van der Waals surface area (Å²) in [5.74, 6) is 0.473. The Balaban J connectivity index is 2.32. The number of ether oxygens (including phenoxy) is 1. The molecule has 0 bridgehead atoms. The zero-order chi connectivity index (χ0) is 12.7. The number of aromatic nitrogens is 1. The molecule has 0 aromatic carbocycles. The number of hydrogen-bond donors (Lipinski definition) is 0. The summed E-state index contributed by atoms with van der Waals surface area (Å²) in [6.45, 7) is 7.93. The van der Waals surface area contributed by atoms with Crippen molar-refractivity contribution in [1.29, 1.82) is 0 Å². The molecule has 0 N–H and O–H groups in total. The summed E-state index contributed by atoms with van der Waals surface area (Å²) in [7, 11) is 1.57. The number of hydrogen-bond acceptors (Lipinski definition) is 5. The Kier molecular flexibility index (Phi) is 2.75. The van der Waals surface area contributed by atoms with Gasteiger partial charge in [0.25, 0.3) is 0 Å². The van der Waals surface area contributed by atoms with Crippen molar-refractivity contribution in [2.75, 3.05) is 12.3 Å². The first-order chi connectivity index (χ1) is 7.87. The highest BCUT2D eigenvalue weighted by atomic mass is 17.0. The summed E-state index contributed by atoms with van der Waals surface area (Å²) >= 11 is 0. The molecule has 1 aliphatic heterocycles. The number of rotatable bonds is 2. The zero-order valence-corrected chi connectivity index (χ0v) is 10.9. The van der Waals surface area contributed by atoms with Gasteiger partial charge >= 0.3 is 0 Å². The predicted octanol–water partition coefficient (Wildman–Crippen LogP) is 2.33. The van der Waals surface area contributed by atoms with E-state index in [0.29, 0.717) is 11.6 Å². The van der Waals surface area contributed by atoms with E-state index >= 15 is 0 Å². The van der Waals surface area contributed by atoms with Crippen molar-refractivity contribution in [3.63, 3.8) is 0 Å². The summed E-state index contributed by atoms with van der Waals surface area (Å²) in [4.78, 5) is 15.7. The van der Waals surface area contributed by atoms with Gasteiger partial charge in [0.15, 0.2) is 5.69 Å². The minimum Gasteiger partial charge on any atom is -0.479 e. The van der Waals surface area contributed by atoms with E-state index in [1.165, 1.54) is 5.23 Å². The van der Waals surface area contributed by atoms with Crippen molar-refractivity contribution < 1.29 is 14.4 Å². The molecule has 1 aromatic heterocycles. The molecule has 1 saturated heterocycles. The quantitative estimate of drug-likeness (QED) is 0.791. The van der Waals surface area contributed by atoms with Gasteiger partial charge in [0, 0.05) is 6.20 Å². The van der Waals surface area contributed by atoms with E-state index in [9.17, 15) is 0 Å². The molecule has 0 spiro atoms. The molecule has 0 atom stereocenters. The van der Waals surface area contributed by atoms with Gasteiger partial charge in [0.05, 0.1) is 7.11 Å². The molecule has 1 aliphatic rings. The van der Waals surface area contributed by atoms with E-state index in [2.05, 4.69) is 4.98 Å². The van der Waals surface area contributed by atoms with Crippen LogP contribution in [-0.2, 0) is 9.68 Å². The van der Waals surface area contributed by atoms with E-state index in [1.54, 1.807) is 13.3 Å². The Bertz CT molecular complexity index is 402. The highest BCUT2D eigenvalue weighted by Crippen LogP contribution is 2.41. The standard InChI is InChI=1S/C12H18N2O3/c1-11(2)12(3,4)17-14(16-11)9-7-6-8-13-10(9)15-5/h6-8H,1-5H3. The van der Waals surface area contributed by atoms with Crippen LogP contribution >= 0.6 is 0 Å². The van der Waals surface area contributed by atoms with Crippen LogP contribution in [0, 0.1) is 0 Å². The molecule has 1 fully saturated rings. The topological polar surface area (TPSA) is 43.8 Å². The highest BCUT2D eigenvalue weighted by molar-refractivity contribution is 5.51. The lowest BCUT2D eigenvalue weighted by molar-refractivity contribution is -0.0283. The molecular weight excluding hydrogens is 220 g/mol.